The van der Waals surface area contributed by atoms with Gasteiger partial charge in [0.25, 0.3) is 0 Å². The van der Waals surface area contributed by atoms with Crippen molar-refractivity contribution in [3.63, 3.8) is 0 Å². The second-order valence-corrected chi connectivity index (χ2v) is 10.9. The summed E-state index contributed by atoms with van der Waals surface area (Å²) in [5.41, 5.74) is 0.0708. The van der Waals surface area contributed by atoms with Gasteiger partial charge in [-0.15, -0.1) is 0 Å². The molecule has 10 nitrogen and oxygen atoms in total. The highest BCUT2D eigenvalue weighted by atomic mass is 16.7. The molecule has 4 atom stereocenters. The molecule has 2 aliphatic carbocycles. The minimum Gasteiger partial charge on any atom is -0.468 e. The van der Waals surface area contributed by atoms with Gasteiger partial charge in [0.15, 0.2) is 0 Å². The molecule has 198 valence electrons. The van der Waals surface area contributed by atoms with Gasteiger partial charge in [-0.05, 0) is 42.7 Å². The van der Waals surface area contributed by atoms with Gasteiger partial charge in [-0.3, -0.25) is 4.84 Å². The Labute approximate surface area is 214 Å². The highest BCUT2D eigenvalue weighted by Gasteiger charge is 2.56. The Balaban J connectivity index is 1.45. The first-order valence-electron chi connectivity index (χ1n) is 13.2. The number of ether oxygens (including phenoxy) is 1. The number of aliphatic hydroxyl groups excluding tert-OH is 1. The van der Waals surface area contributed by atoms with Crippen LogP contribution in [0.15, 0.2) is 51.6 Å². The Hall–Kier alpha value is -2.95. The van der Waals surface area contributed by atoms with Crippen molar-refractivity contribution in [2.75, 3.05) is 13.7 Å². The molecule has 0 bridgehead atoms. The number of hydroxylamine groups is 2. The number of carbonyl (C=O) groups excluding carboxylic acids is 1. The number of aliphatic hydroxyl groups is 1. The van der Waals surface area contributed by atoms with Gasteiger partial charge in [-0.25, -0.2) is 28.3 Å². The highest BCUT2D eigenvalue weighted by molar-refractivity contribution is 5.81. The van der Waals surface area contributed by atoms with Gasteiger partial charge >= 0.3 is 17.3 Å². The predicted octanol–water partition coefficient (Wildman–Crippen LogP) is 1.49. The van der Waals surface area contributed by atoms with Crippen LogP contribution in [0.4, 0.5) is 0 Å². The number of hydrogen-bond acceptors (Lipinski definition) is 7. The first-order valence-corrected chi connectivity index (χ1v) is 13.2. The van der Waals surface area contributed by atoms with Gasteiger partial charge < -0.3 is 9.84 Å². The second-order valence-electron chi connectivity index (χ2n) is 10.9. The van der Waals surface area contributed by atoms with E-state index in [0.29, 0.717) is 25.8 Å². The molecule has 37 heavy (non-hydrogen) atoms. The molecule has 1 aromatic heterocycles. The number of fused-ring (bicyclic) bond motifs is 3. The molecule has 6 rings (SSSR count). The zero-order valence-electron chi connectivity index (χ0n) is 21.3. The van der Waals surface area contributed by atoms with Gasteiger partial charge in [0.2, 0.25) is 0 Å². The fourth-order valence-electron chi connectivity index (χ4n) is 6.52. The quantitative estimate of drug-likeness (QED) is 0.463. The Bertz CT molecular complexity index is 1330. The van der Waals surface area contributed by atoms with E-state index < -0.39 is 35.1 Å². The molecule has 1 aromatic carbocycles. The average Bonchev–Trinajstić information content (AvgIpc) is 3.60. The molecule has 10 heteroatoms. The summed E-state index contributed by atoms with van der Waals surface area (Å²) in [6, 6.07) is 8.40. The van der Waals surface area contributed by atoms with E-state index in [0.717, 1.165) is 41.4 Å². The molecule has 0 unspecified atom stereocenters. The highest BCUT2D eigenvalue weighted by Crippen LogP contribution is 2.49. The number of rotatable bonds is 6. The standard InChI is InChI=1S/C27H34N4O6/c1-28-25(34)30-20(21(32)14-17-8-4-3-5-9-17)15-19-16-29(27(24(33)36-2)12-6-7-13-27)37-23(18-10-11-18)22(19)31(30)26(28)35/h3-5,8-9,15,18,20-23,32H,6-7,10-14,16H2,1-2H3/t20-,21-,22-,23+/m0/s1. The Morgan fingerprint density at radius 3 is 2.46 bits per heavy atom. The third kappa shape index (κ3) is 3.84. The van der Waals surface area contributed by atoms with Crippen LogP contribution in [0.5, 0.6) is 0 Å². The molecule has 2 aliphatic heterocycles. The maximum absolute atomic E-state index is 13.4. The molecule has 0 spiro atoms. The number of esters is 1. The molecular formula is C27H34N4O6. The number of aromatic nitrogens is 3. The Morgan fingerprint density at radius 1 is 1.14 bits per heavy atom. The molecule has 2 saturated carbocycles. The lowest BCUT2D eigenvalue weighted by Gasteiger charge is -2.48. The number of benzene rings is 1. The zero-order chi connectivity index (χ0) is 25.9. The molecule has 3 fully saturated rings. The maximum atomic E-state index is 13.4. The number of hydrogen-bond donors (Lipinski definition) is 1. The fourth-order valence-corrected chi connectivity index (χ4v) is 6.52. The third-order valence-electron chi connectivity index (χ3n) is 8.64. The average molecular weight is 511 g/mol. The third-order valence-corrected chi connectivity index (χ3v) is 8.64. The summed E-state index contributed by atoms with van der Waals surface area (Å²) in [7, 11) is 2.88. The molecular weight excluding hydrogens is 476 g/mol. The van der Waals surface area contributed by atoms with Crippen LogP contribution in [0.2, 0.25) is 0 Å². The summed E-state index contributed by atoms with van der Waals surface area (Å²) in [6.45, 7) is 0.299. The number of methoxy groups -OCH3 is 1. The zero-order valence-corrected chi connectivity index (χ0v) is 21.3. The molecule has 0 radical (unpaired) electrons. The van der Waals surface area contributed by atoms with Gasteiger partial charge in [0.1, 0.15) is 23.7 Å². The number of nitrogens with zero attached hydrogens (tertiary/aromatic N) is 4. The van der Waals surface area contributed by atoms with Gasteiger partial charge in [0, 0.05) is 20.0 Å². The van der Waals surface area contributed by atoms with Crippen molar-refractivity contribution in [3.8, 4) is 0 Å². The van der Waals surface area contributed by atoms with E-state index in [1.807, 2.05) is 36.4 Å². The van der Waals surface area contributed by atoms with Crippen LogP contribution in [0.1, 0.15) is 56.2 Å². The summed E-state index contributed by atoms with van der Waals surface area (Å²) < 4.78 is 9.24. The summed E-state index contributed by atoms with van der Waals surface area (Å²) in [6.07, 6.45) is 5.95. The van der Waals surface area contributed by atoms with Crippen molar-refractivity contribution in [1.29, 1.82) is 0 Å². The number of carbonyl (C=O) groups is 1. The summed E-state index contributed by atoms with van der Waals surface area (Å²) in [5.74, 6) is -0.0856. The van der Waals surface area contributed by atoms with Crippen LogP contribution < -0.4 is 11.4 Å². The lowest BCUT2D eigenvalue weighted by molar-refractivity contribution is -0.277. The molecule has 0 amide bonds. The summed E-state index contributed by atoms with van der Waals surface area (Å²) in [5, 5.41) is 13.2. The fraction of sp³-hybridized carbons (Fsp3) is 0.593. The molecule has 4 aliphatic rings. The van der Waals surface area contributed by atoms with Crippen molar-refractivity contribution in [2.45, 2.75) is 74.8 Å². The van der Waals surface area contributed by atoms with Gasteiger partial charge in [-0.1, -0.05) is 49.2 Å². The molecule has 1 saturated heterocycles. The topological polar surface area (TPSA) is 108 Å². The predicted molar refractivity (Wildman–Crippen MR) is 134 cm³/mol. The van der Waals surface area contributed by atoms with Crippen molar-refractivity contribution in [2.24, 2.45) is 13.0 Å². The maximum Gasteiger partial charge on any atom is 0.347 e. The smallest absolute Gasteiger partial charge is 0.347 e. The molecule has 3 heterocycles. The first kappa shape index (κ1) is 24.4. The summed E-state index contributed by atoms with van der Waals surface area (Å²) in [4.78, 5) is 46.3. The van der Waals surface area contributed by atoms with Crippen LogP contribution in [0, 0.1) is 5.92 Å². The van der Waals surface area contributed by atoms with E-state index in [-0.39, 0.29) is 18.0 Å². The van der Waals surface area contributed by atoms with Gasteiger partial charge in [0.05, 0.1) is 13.2 Å². The van der Waals surface area contributed by atoms with Crippen molar-refractivity contribution in [1.82, 2.24) is 19.0 Å². The molecule has 2 aromatic rings. The lowest BCUT2D eigenvalue weighted by atomic mass is 9.88. The van der Waals surface area contributed by atoms with E-state index in [1.165, 1.54) is 23.5 Å². The summed E-state index contributed by atoms with van der Waals surface area (Å²) >= 11 is 0. The lowest BCUT2D eigenvalue weighted by Crippen LogP contribution is -2.61. The normalized spacial score (nSPS) is 27.8. The Morgan fingerprint density at radius 2 is 1.81 bits per heavy atom. The van der Waals surface area contributed by atoms with Gasteiger partial charge in [-0.2, -0.15) is 5.06 Å². The van der Waals surface area contributed by atoms with Crippen LogP contribution in [0.25, 0.3) is 0 Å². The van der Waals surface area contributed by atoms with Crippen molar-refractivity contribution in [3.05, 3.63) is 68.5 Å². The molecule has 1 N–H and O–H groups in total. The van der Waals surface area contributed by atoms with Crippen LogP contribution in [-0.4, -0.2) is 61.5 Å². The SMILES string of the molecule is COC(=O)C1(N2CC3=C[C@@H]([C@@H](O)Cc4ccccc4)n4c(=O)n(C)c(=O)n4[C@@H]3[C@@H](C3CC3)O2)CCCC1. The van der Waals surface area contributed by atoms with Crippen LogP contribution in [-0.2, 0) is 27.8 Å². The van der Waals surface area contributed by atoms with Crippen LogP contribution >= 0.6 is 0 Å². The van der Waals surface area contributed by atoms with E-state index in [4.69, 9.17) is 9.57 Å². The Kier molecular flexibility index (Phi) is 6.00. The largest absolute Gasteiger partial charge is 0.468 e. The first-order chi connectivity index (χ1) is 17.9. The van der Waals surface area contributed by atoms with E-state index >= 15 is 0 Å². The van der Waals surface area contributed by atoms with E-state index in [9.17, 15) is 19.5 Å². The van der Waals surface area contributed by atoms with E-state index in [2.05, 4.69) is 0 Å². The van der Waals surface area contributed by atoms with Crippen LogP contribution in [0.3, 0.4) is 0 Å². The minimum atomic E-state index is -0.932. The van der Waals surface area contributed by atoms with Crippen molar-refractivity contribution < 1.29 is 19.5 Å². The van der Waals surface area contributed by atoms with E-state index in [1.54, 1.807) is 5.06 Å². The minimum absolute atomic E-state index is 0.216. The van der Waals surface area contributed by atoms with Crippen molar-refractivity contribution >= 4 is 5.97 Å². The monoisotopic (exact) mass is 510 g/mol. The second kappa shape index (κ2) is 9.11.